The largest absolute Gasteiger partial charge is 0.414 e. The molecule has 0 saturated heterocycles. The molecule has 0 radical (unpaired) electrons. The third-order valence-corrected chi connectivity index (χ3v) is 2.11. The highest BCUT2D eigenvalue weighted by molar-refractivity contribution is 7.98. The number of nitrogens with zero attached hydrogens (tertiary/aromatic N) is 2. The summed E-state index contributed by atoms with van der Waals surface area (Å²) in [7, 11) is 0. The summed E-state index contributed by atoms with van der Waals surface area (Å²) >= 11 is 1.42. The third-order valence-electron chi connectivity index (χ3n) is 1.60. The summed E-state index contributed by atoms with van der Waals surface area (Å²) in [6.07, 6.45) is 1.89. The van der Waals surface area contributed by atoms with Crippen LogP contribution in [-0.4, -0.2) is 16.5 Å². The molecule has 0 aliphatic rings. The van der Waals surface area contributed by atoms with E-state index in [2.05, 4.69) is 10.2 Å². The van der Waals surface area contributed by atoms with Crippen molar-refractivity contribution in [3.63, 3.8) is 0 Å². The number of rotatable bonds is 3. The van der Waals surface area contributed by atoms with E-state index in [-0.39, 0.29) is 18.4 Å². The van der Waals surface area contributed by atoms with Gasteiger partial charge in [-0.05, 0) is 12.2 Å². The molecular formula is C7H14ClN3OS. The van der Waals surface area contributed by atoms with Crippen LogP contribution in [0.1, 0.15) is 25.8 Å². The van der Waals surface area contributed by atoms with Gasteiger partial charge in [-0.25, -0.2) is 0 Å². The minimum absolute atomic E-state index is 0. The lowest BCUT2D eigenvalue weighted by molar-refractivity contribution is 0.349. The van der Waals surface area contributed by atoms with Gasteiger partial charge in [-0.2, -0.15) is 0 Å². The molecule has 0 unspecified atom stereocenters. The van der Waals surface area contributed by atoms with E-state index in [0.717, 1.165) is 0 Å². The van der Waals surface area contributed by atoms with Crippen molar-refractivity contribution in [2.75, 3.05) is 6.26 Å². The van der Waals surface area contributed by atoms with Gasteiger partial charge in [0.05, 0.1) is 6.04 Å². The van der Waals surface area contributed by atoms with Crippen molar-refractivity contribution in [3.05, 3.63) is 5.89 Å². The predicted octanol–water partition coefficient (Wildman–Crippen LogP) is 1.87. The molecule has 1 rings (SSSR count). The van der Waals surface area contributed by atoms with Crippen molar-refractivity contribution in [2.45, 2.75) is 25.1 Å². The quantitative estimate of drug-likeness (QED) is 0.793. The van der Waals surface area contributed by atoms with E-state index in [1.807, 2.05) is 20.1 Å². The molecule has 0 aliphatic carbocycles. The molecule has 1 heterocycles. The molecule has 13 heavy (non-hydrogen) atoms. The van der Waals surface area contributed by atoms with Crippen molar-refractivity contribution in [1.82, 2.24) is 10.2 Å². The van der Waals surface area contributed by atoms with Crippen LogP contribution in [0.25, 0.3) is 0 Å². The summed E-state index contributed by atoms with van der Waals surface area (Å²) in [5, 5.41) is 8.22. The zero-order valence-electron chi connectivity index (χ0n) is 7.85. The fraction of sp³-hybridized carbons (Fsp3) is 0.714. The summed E-state index contributed by atoms with van der Waals surface area (Å²) in [4.78, 5) is 0. The normalized spacial score (nSPS) is 12.7. The molecule has 76 valence electrons. The molecule has 0 fully saturated rings. The summed E-state index contributed by atoms with van der Waals surface area (Å²) in [5.74, 6) is 0.842. The first kappa shape index (κ1) is 12.7. The first-order valence-corrected chi connectivity index (χ1v) is 5.00. The molecule has 1 aromatic rings. The Labute approximate surface area is 88.1 Å². The van der Waals surface area contributed by atoms with E-state index >= 15 is 0 Å². The monoisotopic (exact) mass is 223 g/mol. The average Bonchev–Trinajstić information content (AvgIpc) is 2.50. The standard InChI is InChI=1S/C7H13N3OS.ClH/c1-4(2)5(8)6-9-10-7(11-6)12-3;/h4-5H,8H2,1-3H3;1H/t5-;/m0./s1. The van der Waals surface area contributed by atoms with Crippen LogP contribution < -0.4 is 5.73 Å². The van der Waals surface area contributed by atoms with Crippen molar-refractivity contribution >= 4 is 24.2 Å². The Bertz CT molecular complexity index is 254. The van der Waals surface area contributed by atoms with Crippen LogP contribution in [0.3, 0.4) is 0 Å². The van der Waals surface area contributed by atoms with E-state index in [1.54, 1.807) is 0 Å². The predicted molar refractivity (Wildman–Crippen MR) is 55.1 cm³/mol. The van der Waals surface area contributed by atoms with Crippen LogP contribution >= 0.6 is 24.2 Å². The summed E-state index contributed by atoms with van der Waals surface area (Å²) in [5.41, 5.74) is 5.80. The van der Waals surface area contributed by atoms with E-state index in [1.165, 1.54) is 11.8 Å². The van der Waals surface area contributed by atoms with Gasteiger partial charge < -0.3 is 10.2 Å². The molecule has 0 aliphatic heterocycles. The molecule has 0 aromatic carbocycles. The van der Waals surface area contributed by atoms with Crippen LogP contribution in [0.4, 0.5) is 0 Å². The van der Waals surface area contributed by atoms with E-state index in [4.69, 9.17) is 10.2 Å². The maximum absolute atomic E-state index is 5.80. The average molecular weight is 224 g/mol. The van der Waals surface area contributed by atoms with Gasteiger partial charge in [-0.3, -0.25) is 0 Å². The molecule has 1 atom stereocenters. The highest BCUT2D eigenvalue weighted by atomic mass is 35.5. The second-order valence-electron chi connectivity index (χ2n) is 2.88. The highest BCUT2D eigenvalue weighted by Crippen LogP contribution is 2.20. The van der Waals surface area contributed by atoms with E-state index in [0.29, 0.717) is 17.0 Å². The fourth-order valence-electron chi connectivity index (χ4n) is 0.723. The molecule has 0 saturated carbocycles. The number of thioether (sulfide) groups is 1. The van der Waals surface area contributed by atoms with Gasteiger partial charge >= 0.3 is 0 Å². The Morgan fingerprint density at radius 1 is 1.38 bits per heavy atom. The lowest BCUT2D eigenvalue weighted by Crippen LogP contribution is -2.16. The zero-order chi connectivity index (χ0) is 9.14. The second kappa shape index (κ2) is 5.47. The molecular weight excluding hydrogens is 210 g/mol. The van der Waals surface area contributed by atoms with Crippen LogP contribution in [-0.2, 0) is 0 Å². The Balaban J connectivity index is 0.00000144. The summed E-state index contributed by atoms with van der Waals surface area (Å²) in [6.45, 7) is 4.04. The first-order valence-electron chi connectivity index (χ1n) is 3.78. The van der Waals surface area contributed by atoms with Crippen molar-refractivity contribution < 1.29 is 4.42 Å². The maximum atomic E-state index is 5.80. The minimum Gasteiger partial charge on any atom is -0.414 e. The number of aromatic nitrogens is 2. The van der Waals surface area contributed by atoms with Crippen molar-refractivity contribution in [1.29, 1.82) is 0 Å². The van der Waals surface area contributed by atoms with Crippen LogP contribution in [0, 0.1) is 5.92 Å². The van der Waals surface area contributed by atoms with Gasteiger partial charge in [-0.15, -0.1) is 22.6 Å². The Kier molecular flexibility index (Phi) is 5.36. The van der Waals surface area contributed by atoms with Gasteiger partial charge in [0.15, 0.2) is 0 Å². The molecule has 0 amide bonds. The van der Waals surface area contributed by atoms with E-state index in [9.17, 15) is 0 Å². The van der Waals surface area contributed by atoms with Crippen LogP contribution in [0.5, 0.6) is 0 Å². The second-order valence-corrected chi connectivity index (χ2v) is 3.64. The van der Waals surface area contributed by atoms with E-state index < -0.39 is 0 Å². The topological polar surface area (TPSA) is 64.9 Å². The summed E-state index contributed by atoms with van der Waals surface area (Å²) in [6, 6.07) is -0.154. The van der Waals surface area contributed by atoms with Gasteiger partial charge in [0.1, 0.15) is 0 Å². The number of halogens is 1. The van der Waals surface area contributed by atoms with Gasteiger partial charge in [-0.1, -0.05) is 25.6 Å². The fourth-order valence-corrected chi connectivity index (χ4v) is 1.01. The molecule has 0 bridgehead atoms. The lowest BCUT2D eigenvalue weighted by Gasteiger charge is -2.09. The van der Waals surface area contributed by atoms with Crippen LogP contribution in [0.15, 0.2) is 9.64 Å². The molecule has 1 aromatic heterocycles. The first-order chi connectivity index (χ1) is 5.65. The molecule has 6 heteroatoms. The van der Waals surface area contributed by atoms with Gasteiger partial charge in [0.25, 0.3) is 5.22 Å². The number of hydrogen-bond acceptors (Lipinski definition) is 5. The zero-order valence-corrected chi connectivity index (χ0v) is 9.48. The lowest BCUT2D eigenvalue weighted by atomic mass is 10.1. The van der Waals surface area contributed by atoms with Crippen LogP contribution in [0.2, 0.25) is 0 Å². The minimum atomic E-state index is -0.154. The van der Waals surface area contributed by atoms with Crippen molar-refractivity contribution in [3.8, 4) is 0 Å². The Morgan fingerprint density at radius 2 is 2.00 bits per heavy atom. The maximum Gasteiger partial charge on any atom is 0.276 e. The highest BCUT2D eigenvalue weighted by Gasteiger charge is 2.16. The van der Waals surface area contributed by atoms with Gasteiger partial charge in [0.2, 0.25) is 5.89 Å². The number of nitrogens with two attached hydrogens (primary N) is 1. The summed E-state index contributed by atoms with van der Waals surface area (Å²) < 4.78 is 5.27. The third kappa shape index (κ3) is 3.17. The molecule has 4 nitrogen and oxygen atoms in total. The smallest absolute Gasteiger partial charge is 0.276 e. The Hall–Kier alpha value is -0.260. The van der Waals surface area contributed by atoms with Crippen molar-refractivity contribution in [2.24, 2.45) is 11.7 Å². The molecule has 2 N–H and O–H groups in total. The molecule has 0 spiro atoms. The van der Waals surface area contributed by atoms with Gasteiger partial charge in [0, 0.05) is 0 Å². The Morgan fingerprint density at radius 3 is 2.38 bits per heavy atom. The SMILES string of the molecule is CSc1nnc([C@@H](N)C(C)C)o1.Cl. The number of hydrogen-bond donors (Lipinski definition) is 1.